The number of ether oxygens (including phenoxy) is 2. The van der Waals surface area contributed by atoms with Crippen LogP contribution in [0.4, 0.5) is 0 Å². The Morgan fingerprint density at radius 1 is 1.35 bits per heavy atom. The second-order valence-corrected chi connectivity index (χ2v) is 4.04. The van der Waals surface area contributed by atoms with Crippen molar-refractivity contribution in [2.75, 3.05) is 26.2 Å². The zero-order chi connectivity index (χ0) is 11.5. The van der Waals surface area contributed by atoms with Crippen molar-refractivity contribution in [3.8, 4) is 11.5 Å². The minimum atomic E-state index is 0.0231. The SMILES string of the molecule is c1ccc2c(c1)OCC(CNC1=NCCN1)O2. The van der Waals surface area contributed by atoms with Crippen LogP contribution >= 0.6 is 0 Å². The highest BCUT2D eigenvalue weighted by Crippen LogP contribution is 2.30. The fraction of sp³-hybridized carbons (Fsp3) is 0.417. The van der Waals surface area contributed by atoms with Gasteiger partial charge >= 0.3 is 0 Å². The molecule has 1 aromatic rings. The lowest BCUT2D eigenvalue weighted by Crippen LogP contribution is -2.43. The van der Waals surface area contributed by atoms with Gasteiger partial charge in [0.1, 0.15) is 12.7 Å². The molecule has 0 saturated carbocycles. The van der Waals surface area contributed by atoms with E-state index in [1.54, 1.807) is 0 Å². The van der Waals surface area contributed by atoms with Gasteiger partial charge in [0.15, 0.2) is 17.5 Å². The van der Waals surface area contributed by atoms with Crippen LogP contribution in [0.3, 0.4) is 0 Å². The molecule has 1 unspecified atom stereocenters. The van der Waals surface area contributed by atoms with Crippen LogP contribution in [0.25, 0.3) is 0 Å². The second-order valence-electron chi connectivity index (χ2n) is 4.04. The topological polar surface area (TPSA) is 54.9 Å². The summed E-state index contributed by atoms with van der Waals surface area (Å²) in [6.45, 7) is 3.01. The Morgan fingerprint density at radius 2 is 2.24 bits per heavy atom. The van der Waals surface area contributed by atoms with Crippen LogP contribution in [0.2, 0.25) is 0 Å². The van der Waals surface area contributed by atoms with Crippen molar-refractivity contribution < 1.29 is 9.47 Å². The van der Waals surface area contributed by atoms with Crippen LogP contribution in [0.5, 0.6) is 11.5 Å². The van der Waals surface area contributed by atoms with E-state index in [1.165, 1.54) is 0 Å². The van der Waals surface area contributed by atoms with Crippen molar-refractivity contribution in [2.24, 2.45) is 4.99 Å². The van der Waals surface area contributed by atoms with E-state index < -0.39 is 0 Å². The van der Waals surface area contributed by atoms with Gasteiger partial charge in [-0.3, -0.25) is 4.99 Å². The molecule has 5 heteroatoms. The van der Waals surface area contributed by atoms with E-state index >= 15 is 0 Å². The van der Waals surface area contributed by atoms with Crippen LogP contribution < -0.4 is 20.1 Å². The van der Waals surface area contributed by atoms with Gasteiger partial charge in [0.2, 0.25) is 0 Å². The number of para-hydroxylation sites is 2. The predicted octanol–water partition coefficient (Wildman–Crippen LogP) is 0.375. The van der Waals surface area contributed by atoms with Crippen LogP contribution in [-0.4, -0.2) is 38.3 Å². The van der Waals surface area contributed by atoms with E-state index in [-0.39, 0.29) is 6.10 Å². The lowest BCUT2D eigenvalue weighted by atomic mass is 10.2. The van der Waals surface area contributed by atoms with Crippen LogP contribution in [0.1, 0.15) is 0 Å². The molecule has 0 radical (unpaired) electrons. The van der Waals surface area contributed by atoms with Crippen molar-refractivity contribution in [1.29, 1.82) is 0 Å². The van der Waals surface area contributed by atoms with Crippen molar-refractivity contribution in [1.82, 2.24) is 10.6 Å². The summed E-state index contributed by atoms with van der Waals surface area (Å²) in [5, 5.41) is 6.37. The Bertz CT molecular complexity index is 434. The van der Waals surface area contributed by atoms with Crippen molar-refractivity contribution >= 4 is 5.96 Å². The molecule has 17 heavy (non-hydrogen) atoms. The highest BCUT2D eigenvalue weighted by Gasteiger charge is 2.20. The fourth-order valence-corrected chi connectivity index (χ4v) is 1.89. The number of rotatable bonds is 2. The average molecular weight is 233 g/mol. The molecule has 1 atom stereocenters. The first kappa shape index (κ1) is 10.3. The summed E-state index contributed by atoms with van der Waals surface area (Å²) in [6, 6.07) is 7.73. The number of nitrogens with zero attached hydrogens (tertiary/aromatic N) is 1. The van der Waals surface area contributed by atoms with Gasteiger partial charge in [-0.15, -0.1) is 0 Å². The number of benzene rings is 1. The molecular weight excluding hydrogens is 218 g/mol. The molecule has 1 aromatic carbocycles. The first-order valence-electron chi connectivity index (χ1n) is 5.82. The molecule has 0 bridgehead atoms. The summed E-state index contributed by atoms with van der Waals surface area (Å²) in [6.07, 6.45) is 0.0231. The third-order valence-electron chi connectivity index (χ3n) is 2.74. The van der Waals surface area contributed by atoms with Gasteiger partial charge in [-0.1, -0.05) is 12.1 Å². The van der Waals surface area contributed by atoms with Gasteiger partial charge < -0.3 is 20.1 Å². The van der Waals surface area contributed by atoms with Gasteiger partial charge in [0.25, 0.3) is 0 Å². The summed E-state index contributed by atoms with van der Waals surface area (Å²) in [7, 11) is 0. The van der Waals surface area contributed by atoms with E-state index in [4.69, 9.17) is 9.47 Å². The minimum Gasteiger partial charge on any atom is -0.486 e. The quantitative estimate of drug-likeness (QED) is 0.775. The highest BCUT2D eigenvalue weighted by atomic mass is 16.6. The van der Waals surface area contributed by atoms with E-state index in [0.717, 1.165) is 30.5 Å². The number of nitrogens with one attached hydrogen (secondary N) is 2. The largest absolute Gasteiger partial charge is 0.486 e. The number of aliphatic imine (C=N–C) groups is 1. The maximum Gasteiger partial charge on any atom is 0.191 e. The molecule has 0 saturated heterocycles. The first-order valence-corrected chi connectivity index (χ1v) is 5.82. The van der Waals surface area contributed by atoms with Gasteiger partial charge in [0, 0.05) is 6.54 Å². The zero-order valence-electron chi connectivity index (χ0n) is 9.48. The third-order valence-corrected chi connectivity index (χ3v) is 2.74. The van der Waals surface area contributed by atoms with Crippen LogP contribution in [0, 0.1) is 0 Å². The molecule has 2 N–H and O–H groups in total. The Kier molecular flexibility index (Phi) is 2.73. The average Bonchev–Trinajstić information content (AvgIpc) is 2.89. The first-order chi connectivity index (χ1) is 8.42. The zero-order valence-corrected chi connectivity index (χ0v) is 9.48. The molecule has 2 aliphatic rings. The van der Waals surface area contributed by atoms with Crippen molar-refractivity contribution in [3.05, 3.63) is 24.3 Å². The van der Waals surface area contributed by atoms with Crippen LogP contribution in [-0.2, 0) is 0 Å². The Labute approximate surface area is 99.8 Å². The molecule has 0 aliphatic carbocycles. The maximum atomic E-state index is 5.82. The Morgan fingerprint density at radius 3 is 3.06 bits per heavy atom. The Hall–Kier alpha value is -1.91. The van der Waals surface area contributed by atoms with Gasteiger partial charge in [0.05, 0.1) is 13.1 Å². The number of fused-ring (bicyclic) bond motifs is 1. The summed E-state index contributed by atoms with van der Waals surface area (Å²) in [4.78, 5) is 4.26. The molecule has 0 amide bonds. The molecule has 0 fully saturated rings. The van der Waals surface area contributed by atoms with Crippen molar-refractivity contribution in [3.63, 3.8) is 0 Å². The summed E-state index contributed by atoms with van der Waals surface area (Å²) >= 11 is 0. The summed E-state index contributed by atoms with van der Waals surface area (Å²) in [5.41, 5.74) is 0. The van der Waals surface area contributed by atoms with E-state index in [1.807, 2.05) is 24.3 Å². The molecule has 0 spiro atoms. The highest BCUT2D eigenvalue weighted by molar-refractivity contribution is 5.81. The molecule has 5 nitrogen and oxygen atoms in total. The predicted molar refractivity (Wildman–Crippen MR) is 64.7 cm³/mol. The molecule has 2 aliphatic heterocycles. The fourth-order valence-electron chi connectivity index (χ4n) is 1.89. The minimum absolute atomic E-state index is 0.0231. The molecule has 90 valence electrons. The molecular formula is C12H15N3O2. The van der Waals surface area contributed by atoms with E-state index in [2.05, 4.69) is 15.6 Å². The Balaban J connectivity index is 1.57. The number of guanidine groups is 1. The smallest absolute Gasteiger partial charge is 0.191 e. The van der Waals surface area contributed by atoms with Crippen LogP contribution in [0.15, 0.2) is 29.3 Å². The third kappa shape index (κ3) is 2.27. The number of hydrogen-bond acceptors (Lipinski definition) is 5. The van der Waals surface area contributed by atoms with Crippen molar-refractivity contribution in [2.45, 2.75) is 6.10 Å². The van der Waals surface area contributed by atoms with E-state index in [9.17, 15) is 0 Å². The molecule has 3 rings (SSSR count). The van der Waals surface area contributed by atoms with Gasteiger partial charge in [-0.25, -0.2) is 0 Å². The van der Waals surface area contributed by atoms with E-state index in [0.29, 0.717) is 13.2 Å². The lowest BCUT2D eigenvalue weighted by molar-refractivity contribution is 0.0936. The van der Waals surface area contributed by atoms with Gasteiger partial charge in [-0.05, 0) is 12.1 Å². The molecule has 2 heterocycles. The monoisotopic (exact) mass is 233 g/mol. The second kappa shape index (κ2) is 4.53. The summed E-state index contributed by atoms with van der Waals surface area (Å²) in [5.74, 6) is 2.49. The lowest BCUT2D eigenvalue weighted by Gasteiger charge is -2.26. The standard InChI is InChI=1S/C12H15N3O2/c1-2-4-11-10(3-1)16-8-9(17-11)7-15-12-13-5-6-14-12/h1-4,9H,5-8H2,(H2,13,14,15). The molecule has 0 aromatic heterocycles. The van der Waals surface area contributed by atoms with Gasteiger partial charge in [-0.2, -0.15) is 0 Å². The summed E-state index contributed by atoms with van der Waals surface area (Å²) < 4.78 is 11.4. The number of hydrogen-bond donors (Lipinski definition) is 2. The maximum absolute atomic E-state index is 5.82. The normalized spacial score (nSPS) is 21.6.